The summed E-state index contributed by atoms with van der Waals surface area (Å²) in [7, 11) is 3.93. The van der Waals surface area contributed by atoms with Gasteiger partial charge in [0.05, 0.1) is 11.8 Å². The summed E-state index contributed by atoms with van der Waals surface area (Å²) in [6.45, 7) is 2.00. The molecule has 1 aliphatic carbocycles. The van der Waals surface area contributed by atoms with Gasteiger partial charge in [-0.25, -0.2) is 0 Å². The van der Waals surface area contributed by atoms with E-state index >= 15 is 0 Å². The summed E-state index contributed by atoms with van der Waals surface area (Å²) in [6.07, 6.45) is 16.6. The van der Waals surface area contributed by atoms with Crippen LogP contribution in [0.4, 0.5) is 0 Å². The van der Waals surface area contributed by atoms with E-state index in [-0.39, 0.29) is 5.54 Å². The van der Waals surface area contributed by atoms with Gasteiger partial charge in [-0.15, -0.1) is 0 Å². The fourth-order valence-corrected chi connectivity index (χ4v) is 2.21. The number of allylic oxidation sites excluding steroid dienone is 5. The van der Waals surface area contributed by atoms with Crippen LogP contribution >= 0.6 is 0 Å². The molecular formula is C16H22N2O. The SMILES string of the molecule is CNC1=CCC(C=CC2=C(C)OC=CC2)(NC)C=C1. The van der Waals surface area contributed by atoms with Crippen LogP contribution in [0.2, 0.25) is 0 Å². The molecule has 2 N–H and O–H groups in total. The summed E-state index contributed by atoms with van der Waals surface area (Å²) in [5, 5.41) is 6.55. The van der Waals surface area contributed by atoms with Gasteiger partial charge in [-0.05, 0) is 44.5 Å². The maximum Gasteiger partial charge on any atom is 0.104 e. The molecule has 0 saturated heterocycles. The Labute approximate surface area is 115 Å². The predicted molar refractivity (Wildman–Crippen MR) is 79.4 cm³/mol. The van der Waals surface area contributed by atoms with Crippen molar-refractivity contribution in [3.8, 4) is 0 Å². The van der Waals surface area contributed by atoms with E-state index in [1.807, 2.05) is 27.1 Å². The average Bonchev–Trinajstić information content (AvgIpc) is 2.47. The first-order chi connectivity index (χ1) is 9.19. The zero-order valence-corrected chi connectivity index (χ0v) is 11.9. The highest BCUT2D eigenvalue weighted by Crippen LogP contribution is 2.24. The van der Waals surface area contributed by atoms with E-state index in [1.54, 1.807) is 6.26 Å². The molecule has 0 radical (unpaired) electrons. The fourth-order valence-electron chi connectivity index (χ4n) is 2.21. The summed E-state index contributed by atoms with van der Waals surface area (Å²) in [6, 6.07) is 0. The number of rotatable bonds is 4. The minimum Gasteiger partial charge on any atom is -0.470 e. The number of nitrogens with one attached hydrogen (secondary N) is 2. The first-order valence-corrected chi connectivity index (χ1v) is 6.66. The molecule has 0 aromatic carbocycles. The largest absolute Gasteiger partial charge is 0.470 e. The van der Waals surface area contributed by atoms with Gasteiger partial charge < -0.3 is 15.4 Å². The van der Waals surface area contributed by atoms with E-state index in [9.17, 15) is 0 Å². The molecule has 2 rings (SSSR count). The van der Waals surface area contributed by atoms with Gasteiger partial charge in [0, 0.05) is 12.7 Å². The monoisotopic (exact) mass is 258 g/mol. The number of ether oxygens (including phenoxy) is 1. The summed E-state index contributed by atoms with van der Waals surface area (Å²) < 4.78 is 5.42. The Balaban J connectivity index is 2.12. The molecule has 1 aliphatic heterocycles. The summed E-state index contributed by atoms with van der Waals surface area (Å²) >= 11 is 0. The highest BCUT2D eigenvalue weighted by Gasteiger charge is 2.23. The lowest BCUT2D eigenvalue weighted by molar-refractivity contribution is 0.339. The molecule has 3 nitrogen and oxygen atoms in total. The highest BCUT2D eigenvalue weighted by atomic mass is 16.5. The molecule has 1 unspecified atom stereocenters. The zero-order chi connectivity index (χ0) is 13.7. The second-order valence-electron chi connectivity index (χ2n) is 4.85. The van der Waals surface area contributed by atoms with E-state index in [0.29, 0.717) is 0 Å². The summed E-state index contributed by atoms with van der Waals surface area (Å²) in [5.74, 6) is 0.983. The van der Waals surface area contributed by atoms with Crippen molar-refractivity contribution in [3.05, 3.63) is 59.7 Å². The molecule has 0 fully saturated rings. The minimum atomic E-state index is -0.102. The van der Waals surface area contributed by atoms with E-state index in [2.05, 4.69) is 41.0 Å². The van der Waals surface area contributed by atoms with E-state index < -0.39 is 0 Å². The Hall–Kier alpha value is -1.74. The van der Waals surface area contributed by atoms with Crippen LogP contribution in [-0.4, -0.2) is 19.6 Å². The van der Waals surface area contributed by atoms with Gasteiger partial charge in [0.25, 0.3) is 0 Å². The second-order valence-corrected chi connectivity index (χ2v) is 4.85. The fraction of sp³-hybridized carbons (Fsp3) is 0.375. The summed E-state index contributed by atoms with van der Waals surface area (Å²) in [5.41, 5.74) is 2.29. The molecule has 1 heterocycles. The number of likely N-dealkylation sites (N-methyl/N-ethyl adjacent to an activating group) is 2. The Bertz CT molecular complexity index is 483. The van der Waals surface area contributed by atoms with Crippen LogP contribution in [-0.2, 0) is 4.74 Å². The molecule has 19 heavy (non-hydrogen) atoms. The Morgan fingerprint density at radius 1 is 1.37 bits per heavy atom. The topological polar surface area (TPSA) is 33.3 Å². The van der Waals surface area contributed by atoms with Crippen molar-refractivity contribution in [2.45, 2.75) is 25.3 Å². The molecule has 102 valence electrons. The molecular weight excluding hydrogens is 236 g/mol. The Morgan fingerprint density at radius 3 is 2.79 bits per heavy atom. The number of hydrogen-bond donors (Lipinski definition) is 2. The Kier molecular flexibility index (Phi) is 4.27. The van der Waals surface area contributed by atoms with Gasteiger partial charge in [-0.1, -0.05) is 24.3 Å². The highest BCUT2D eigenvalue weighted by molar-refractivity contribution is 5.36. The van der Waals surface area contributed by atoms with Crippen LogP contribution in [0.1, 0.15) is 19.8 Å². The smallest absolute Gasteiger partial charge is 0.104 e. The lowest BCUT2D eigenvalue weighted by Crippen LogP contribution is -2.40. The van der Waals surface area contributed by atoms with Crippen LogP contribution in [0.3, 0.4) is 0 Å². The van der Waals surface area contributed by atoms with Crippen LogP contribution in [0.25, 0.3) is 0 Å². The molecule has 1 atom stereocenters. The molecule has 0 bridgehead atoms. The normalized spacial score (nSPS) is 26.6. The van der Waals surface area contributed by atoms with Crippen molar-refractivity contribution in [2.75, 3.05) is 14.1 Å². The van der Waals surface area contributed by atoms with Crippen LogP contribution in [0.15, 0.2) is 59.7 Å². The number of hydrogen-bond acceptors (Lipinski definition) is 3. The standard InChI is InChI=1S/C16H22N2O/c1-13-14(5-4-12-19-13)6-9-16(18-3)10-7-15(17-2)8-11-16/h4,6-10,12,17-18H,5,11H2,1-3H3. The van der Waals surface area contributed by atoms with Gasteiger partial charge in [0.15, 0.2) is 0 Å². The van der Waals surface area contributed by atoms with Gasteiger partial charge >= 0.3 is 0 Å². The third-order valence-electron chi connectivity index (χ3n) is 3.69. The molecule has 3 heteroatoms. The third-order valence-corrected chi connectivity index (χ3v) is 3.69. The van der Waals surface area contributed by atoms with Crippen molar-refractivity contribution < 1.29 is 4.74 Å². The lowest BCUT2D eigenvalue weighted by atomic mass is 9.89. The van der Waals surface area contributed by atoms with E-state index in [4.69, 9.17) is 4.74 Å². The molecule has 0 aromatic rings. The van der Waals surface area contributed by atoms with Crippen LogP contribution < -0.4 is 10.6 Å². The van der Waals surface area contributed by atoms with Gasteiger partial charge in [0.2, 0.25) is 0 Å². The van der Waals surface area contributed by atoms with Crippen molar-refractivity contribution in [2.24, 2.45) is 0 Å². The first-order valence-electron chi connectivity index (χ1n) is 6.66. The van der Waals surface area contributed by atoms with Crippen molar-refractivity contribution in [1.82, 2.24) is 10.6 Å². The molecule has 2 aliphatic rings. The zero-order valence-electron chi connectivity index (χ0n) is 11.9. The predicted octanol–water partition coefficient (Wildman–Crippen LogP) is 2.77. The maximum atomic E-state index is 5.42. The first kappa shape index (κ1) is 13.7. The van der Waals surface area contributed by atoms with Gasteiger partial charge in [-0.3, -0.25) is 0 Å². The average molecular weight is 258 g/mol. The lowest BCUT2D eigenvalue weighted by Gasteiger charge is -2.29. The molecule has 0 amide bonds. The van der Waals surface area contributed by atoms with Gasteiger partial charge in [0.1, 0.15) is 5.76 Å². The molecule has 0 saturated carbocycles. The van der Waals surface area contributed by atoms with E-state index in [1.165, 1.54) is 11.3 Å². The van der Waals surface area contributed by atoms with Crippen molar-refractivity contribution in [1.29, 1.82) is 0 Å². The molecule has 0 aromatic heterocycles. The quantitative estimate of drug-likeness (QED) is 0.813. The minimum absolute atomic E-state index is 0.102. The molecule has 0 spiro atoms. The van der Waals surface area contributed by atoms with Crippen molar-refractivity contribution >= 4 is 0 Å². The summed E-state index contributed by atoms with van der Waals surface area (Å²) in [4.78, 5) is 0. The maximum absolute atomic E-state index is 5.42. The van der Waals surface area contributed by atoms with Gasteiger partial charge in [-0.2, -0.15) is 0 Å². The van der Waals surface area contributed by atoms with Crippen molar-refractivity contribution in [3.63, 3.8) is 0 Å². The van der Waals surface area contributed by atoms with Crippen LogP contribution in [0.5, 0.6) is 0 Å². The third kappa shape index (κ3) is 3.18. The van der Waals surface area contributed by atoms with E-state index in [0.717, 1.165) is 18.6 Å². The second kappa shape index (κ2) is 5.93. The Morgan fingerprint density at radius 2 is 2.21 bits per heavy atom. The van der Waals surface area contributed by atoms with Crippen LogP contribution in [0, 0.1) is 0 Å².